The van der Waals surface area contributed by atoms with Gasteiger partial charge in [0.1, 0.15) is 5.75 Å². The lowest BCUT2D eigenvalue weighted by molar-refractivity contribution is 0.0277. The van der Waals surface area contributed by atoms with Gasteiger partial charge >= 0.3 is 0 Å². The molecule has 6 nitrogen and oxygen atoms in total. The third kappa shape index (κ3) is 7.80. The normalized spacial score (nSPS) is 20.3. The number of rotatable bonds is 10. The van der Waals surface area contributed by atoms with Crippen LogP contribution < -0.4 is 15.4 Å². The van der Waals surface area contributed by atoms with E-state index in [1.54, 1.807) is 7.05 Å². The van der Waals surface area contributed by atoms with Crippen molar-refractivity contribution in [3.63, 3.8) is 0 Å². The van der Waals surface area contributed by atoms with E-state index >= 15 is 0 Å². The maximum absolute atomic E-state index is 6.14. The number of aliphatic imine (C=N–C) groups is 1. The number of benzene rings is 1. The molecule has 1 aliphatic carbocycles. The van der Waals surface area contributed by atoms with E-state index in [-0.39, 0.29) is 0 Å². The minimum atomic E-state index is 0.479. The Morgan fingerprint density at radius 3 is 2.80 bits per heavy atom. The highest BCUT2D eigenvalue weighted by molar-refractivity contribution is 5.79. The van der Waals surface area contributed by atoms with E-state index in [0.717, 1.165) is 56.5 Å². The summed E-state index contributed by atoms with van der Waals surface area (Å²) in [5, 5.41) is 6.79. The topological polar surface area (TPSA) is 64.1 Å². The summed E-state index contributed by atoms with van der Waals surface area (Å²) in [6.07, 6.45) is 9.01. The molecule has 1 aromatic carbocycles. The highest BCUT2D eigenvalue weighted by Crippen LogP contribution is 2.23. The molecule has 0 radical (unpaired) electrons. The van der Waals surface area contributed by atoms with Crippen LogP contribution >= 0.6 is 0 Å². The van der Waals surface area contributed by atoms with E-state index < -0.39 is 0 Å². The largest absolute Gasteiger partial charge is 0.493 e. The molecule has 1 aliphatic heterocycles. The van der Waals surface area contributed by atoms with Crippen molar-refractivity contribution in [1.82, 2.24) is 10.6 Å². The molecular weight excluding hydrogens is 378 g/mol. The molecule has 0 bridgehead atoms. The third-order valence-corrected chi connectivity index (χ3v) is 5.91. The predicted molar refractivity (Wildman–Crippen MR) is 121 cm³/mol. The van der Waals surface area contributed by atoms with Crippen LogP contribution in [0, 0.1) is 12.8 Å². The fourth-order valence-corrected chi connectivity index (χ4v) is 4.02. The number of hydrogen-bond donors (Lipinski definition) is 2. The molecule has 1 unspecified atom stereocenters. The van der Waals surface area contributed by atoms with Gasteiger partial charge in [0.15, 0.2) is 5.96 Å². The number of aryl methyl sites for hydroxylation is 1. The maximum Gasteiger partial charge on any atom is 0.191 e. The van der Waals surface area contributed by atoms with Crippen LogP contribution in [0.3, 0.4) is 0 Å². The van der Waals surface area contributed by atoms with Gasteiger partial charge in [-0.3, -0.25) is 4.99 Å². The van der Waals surface area contributed by atoms with Crippen molar-refractivity contribution in [2.75, 3.05) is 40.0 Å². The van der Waals surface area contributed by atoms with Crippen LogP contribution in [0.2, 0.25) is 0 Å². The predicted octanol–water partition coefficient (Wildman–Crippen LogP) is 3.81. The van der Waals surface area contributed by atoms with Crippen LogP contribution in [0.5, 0.6) is 5.75 Å². The first-order chi connectivity index (χ1) is 14.7. The molecule has 168 valence electrons. The van der Waals surface area contributed by atoms with E-state index in [1.165, 1.54) is 37.7 Å². The molecule has 3 rings (SSSR count). The summed E-state index contributed by atoms with van der Waals surface area (Å²) in [5.74, 6) is 2.26. The summed E-state index contributed by atoms with van der Waals surface area (Å²) in [6.45, 7) is 6.81. The Morgan fingerprint density at radius 1 is 1.17 bits per heavy atom. The average molecular weight is 418 g/mol. The SMILES string of the molecule is CN=C(NCCCOC1CCCCC1)NCc1ccc(C)cc1OCC1CCOC1. The molecule has 0 spiro atoms. The Kier molecular flexibility index (Phi) is 9.77. The highest BCUT2D eigenvalue weighted by Gasteiger charge is 2.17. The van der Waals surface area contributed by atoms with Crippen LogP contribution in [0.4, 0.5) is 0 Å². The molecule has 1 aromatic rings. The van der Waals surface area contributed by atoms with Crippen LogP contribution in [-0.4, -0.2) is 52.1 Å². The Labute approximate surface area is 181 Å². The number of hydrogen-bond acceptors (Lipinski definition) is 4. The van der Waals surface area contributed by atoms with Gasteiger partial charge in [-0.1, -0.05) is 31.4 Å². The van der Waals surface area contributed by atoms with E-state index in [1.807, 2.05) is 0 Å². The first-order valence-corrected chi connectivity index (χ1v) is 11.6. The molecule has 1 saturated heterocycles. The summed E-state index contributed by atoms with van der Waals surface area (Å²) in [5.41, 5.74) is 2.35. The van der Waals surface area contributed by atoms with Crippen molar-refractivity contribution in [3.05, 3.63) is 29.3 Å². The smallest absolute Gasteiger partial charge is 0.191 e. The van der Waals surface area contributed by atoms with Gasteiger partial charge in [-0.25, -0.2) is 0 Å². The minimum absolute atomic E-state index is 0.479. The van der Waals surface area contributed by atoms with Crippen molar-refractivity contribution in [2.24, 2.45) is 10.9 Å². The number of nitrogens with zero attached hydrogens (tertiary/aromatic N) is 1. The van der Waals surface area contributed by atoms with E-state index in [4.69, 9.17) is 14.2 Å². The van der Waals surface area contributed by atoms with Crippen LogP contribution in [0.25, 0.3) is 0 Å². The maximum atomic E-state index is 6.14. The van der Waals surface area contributed by atoms with Gasteiger partial charge in [-0.2, -0.15) is 0 Å². The first-order valence-electron chi connectivity index (χ1n) is 11.6. The van der Waals surface area contributed by atoms with E-state index in [2.05, 4.69) is 40.7 Å². The second-order valence-electron chi connectivity index (χ2n) is 8.49. The van der Waals surface area contributed by atoms with E-state index in [9.17, 15) is 0 Å². The molecule has 0 aromatic heterocycles. The molecule has 1 heterocycles. The Balaban J connectivity index is 1.38. The zero-order valence-electron chi connectivity index (χ0n) is 18.8. The summed E-state index contributed by atoms with van der Waals surface area (Å²) in [7, 11) is 1.81. The third-order valence-electron chi connectivity index (χ3n) is 5.91. The number of guanidine groups is 1. The zero-order chi connectivity index (χ0) is 21.0. The van der Waals surface area contributed by atoms with Gasteiger partial charge in [0.05, 0.1) is 19.3 Å². The molecule has 6 heteroatoms. The van der Waals surface area contributed by atoms with Gasteiger partial charge in [0, 0.05) is 44.8 Å². The highest BCUT2D eigenvalue weighted by atomic mass is 16.5. The average Bonchev–Trinajstić information content (AvgIpc) is 3.29. The van der Waals surface area contributed by atoms with Crippen molar-refractivity contribution in [1.29, 1.82) is 0 Å². The van der Waals surface area contributed by atoms with Crippen molar-refractivity contribution in [2.45, 2.75) is 64.5 Å². The number of ether oxygens (including phenoxy) is 3. The summed E-state index contributed by atoms with van der Waals surface area (Å²) in [6, 6.07) is 6.38. The number of nitrogens with one attached hydrogen (secondary N) is 2. The zero-order valence-corrected chi connectivity index (χ0v) is 18.8. The van der Waals surface area contributed by atoms with Crippen molar-refractivity contribution < 1.29 is 14.2 Å². The van der Waals surface area contributed by atoms with Crippen molar-refractivity contribution >= 4 is 5.96 Å². The Morgan fingerprint density at radius 2 is 2.03 bits per heavy atom. The monoisotopic (exact) mass is 417 g/mol. The molecule has 0 amide bonds. The standard InChI is InChI=1S/C24H39N3O3/c1-19-9-10-21(23(15-19)30-18-20-11-14-28-17-20)16-27-24(25-2)26-12-6-13-29-22-7-4-3-5-8-22/h9-10,15,20,22H,3-8,11-14,16-18H2,1-2H3,(H2,25,26,27). The molecule has 1 atom stereocenters. The van der Waals surface area contributed by atoms with Gasteiger partial charge < -0.3 is 24.8 Å². The Bertz CT molecular complexity index is 653. The van der Waals surface area contributed by atoms with Crippen molar-refractivity contribution in [3.8, 4) is 5.75 Å². The van der Waals surface area contributed by atoms with Crippen LogP contribution in [0.15, 0.2) is 23.2 Å². The van der Waals surface area contributed by atoms with Crippen LogP contribution in [-0.2, 0) is 16.0 Å². The second kappa shape index (κ2) is 12.8. The molecule has 2 N–H and O–H groups in total. The molecule has 1 saturated carbocycles. The molecule has 2 fully saturated rings. The summed E-state index contributed by atoms with van der Waals surface area (Å²) >= 11 is 0. The van der Waals surface area contributed by atoms with Gasteiger partial charge in [0.25, 0.3) is 0 Å². The molecule has 30 heavy (non-hydrogen) atoms. The minimum Gasteiger partial charge on any atom is -0.493 e. The fourth-order valence-electron chi connectivity index (χ4n) is 4.02. The Hall–Kier alpha value is -1.79. The van der Waals surface area contributed by atoms with Crippen LogP contribution in [0.1, 0.15) is 56.1 Å². The lowest BCUT2D eigenvalue weighted by atomic mass is 9.98. The molecule has 2 aliphatic rings. The van der Waals surface area contributed by atoms with E-state index in [0.29, 0.717) is 25.2 Å². The van der Waals surface area contributed by atoms with Gasteiger partial charge in [-0.05, 0) is 44.2 Å². The summed E-state index contributed by atoms with van der Waals surface area (Å²) < 4.78 is 17.6. The fraction of sp³-hybridized carbons (Fsp3) is 0.708. The quantitative estimate of drug-likeness (QED) is 0.344. The lowest BCUT2D eigenvalue weighted by Gasteiger charge is -2.22. The molecular formula is C24H39N3O3. The second-order valence-corrected chi connectivity index (χ2v) is 8.49. The first kappa shape index (κ1) is 22.9. The summed E-state index contributed by atoms with van der Waals surface area (Å²) in [4.78, 5) is 4.34. The van der Waals surface area contributed by atoms with Gasteiger partial charge in [0.2, 0.25) is 0 Å². The lowest BCUT2D eigenvalue weighted by Crippen LogP contribution is -2.37. The van der Waals surface area contributed by atoms with Gasteiger partial charge in [-0.15, -0.1) is 0 Å².